The molecule has 0 aromatic rings. The summed E-state index contributed by atoms with van der Waals surface area (Å²) in [6, 6.07) is 0.118. The SMILES string of the molecule is CC(C)NC(=O)CC1(CC(=O)O)CCCCC1. The molecule has 17 heavy (non-hydrogen) atoms. The number of carbonyl (C=O) groups is 2. The minimum absolute atomic E-state index is 0.0110. The van der Waals surface area contributed by atoms with Crippen LogP contribution in [0.3, 0.4) is 0 Å². The largest absolute Gasteiger partial charge is 0.481 e. The van der Waals surface area contributed by atoms with Crippen LogP contribution in [0.2, 0.25) is 0 Å². The van der Waals surface area contributed by atoms with Gasteiger partial charge in [0.15, 0.2) is 0 Å². The highest BCUT2D eigenvalue weighted by atomic mass is 16.4. The predicted molar refractivity (Wildman–Crippen MR) is 65.7 cm³/mol. The minimum atomic E-state index is -0.788. The molecule has 0 aromatic heterocycles. The van der Waals surface area contributed by atoms with Crippen molar-refractivity contribution in [3.63, 3.8) is 0 Å². The van der Waals surface area contributed by atoms with Crippen molar-refractivity contribution in [2.75, 3.05) is 0 Å². The highest BCUT2D eigenvalue weighted by molar-refractivity contribution is 5.78. The molecule has 1 aliphatic carbocycles. The fraction of sp³-hybridized carbons (Fsp3) is 0.846. The van der Waals surface area contributed by atoms with E-state index in [1.807, 2.05) is 13.8 Å². The van der Waals surface area contributed by atoms with Crippen LogP contribution in [0.25, 0.3) is 0 Å². The van der Waals surface area contributed by atoms with Crippen LogP contribution < -0.4 is 5.32 Å². The molecule has 1 saturated carbocycles. The first-order chi connectivity index (χ1) is 7.93. The maximum absolute atomic E-state index is 11.8. The Morgan fingerprint density at radius 2 is 1.76 bits per heavy atom. The molecule has 0 radical (unpaired) electrons. The molecule has 0 atom stereocenters. The summed E-state index contributed by atoms with van der Waals surface area (Å²) in [5.41, 5.74) is -0.303. The third-order valence-corrected chi connectivity index (χ3v) is 3.43. The average Bonchev–Trinajstić information content (AvgIpc) is 2.15. The Bertz CT molecular complexity index is 280. The van der Waals surface area contributed by atoms with Crippen molar-refractivity contribution in [3.05, 3.63) is 0 Å². The molecule has 0 heterocycles. The van der Waals surface area contributed by atoms with Crippen molar-refractivity contribution in [2.45, 2.75) is 64.8 Å². The van der Waals surface area contributed by atoms with E-state index in [4.69, 9.17) is 5.11 Å². The third kappa shape index (κ3) is 4.75. The lowest BCUT2D eigenvalue weighted by Gasteiger charge is -2.35. The second-order valence-electron chi connectivity index (χ2n) is 5.53. The molecule has 0 aromatic carbocycles. The molecular formula is C13H23NO3. The molecule has 0 aliphatic heterocycles. The molecule has 4 heteroatoms. The average molecular weight is 241 g/mol. The summed E-state index contributed by atoms with van der Waals surface area (Å²) < 4.78 is 0. The van der Waals surface area contributed by atoms with Crippen molar-refractivity contribution in [1.82, 2.24) is 5.32 Å². The van der Waals surface area contributed by atoms with Gasteiger partial charge >= 0.3 is 5.97 Å². The molecule has 98 valence electrons. The topological polar surface area (TPSA) is 66.4 Å². The fourth-order valence-electron chi connectivity index (χ4n) is 2.75. The number of nitrogens with one attached hydrogen (secondary N) is 1. The monoisotopic (exact) mass is 241 g/mol. The van der Waals surface area contributed by atoms with Crippen LogP contribution in [0.15, 0.2) is 0 Å². The van der Waals surface area contributed by atoms with Crippen molar-refractivity contribution in [2.24, 2.45) is 5.41 Å². The third-order valence-electron chi connectivity index (χ3n) is 3.43. The van der Waals surface area contributed by atoms with Crippen LogP contribution in [0.4, 0.5) is 0 Å². The molecule has 1 rings (SSSR count). The molecule has 2 N–H and O–H groups in total. The quantitative estimate of drug-likeness (QED) is 0.776. The number of rotatable bonds is 5. The van der Waals surface area contributed by atoms with Gasteiger partial charge in [0.2, 0.25) is 5.91 Å². The number of carboxylic acids is 1. The smallest absolute Gasteiger partial charge is 0.303 e. The number of hydrogen-bond acceptors (Lipinski definition) is 2. The maximum atomic E-state index is 11.8. The second kappa shape index (κ2) is 6.03. The first-order valence-corrected chi connectivity index (χ1v) is 6.45. The van der Waals surface area contributed by atoms with E-state index in [2.05, 4.69) is 5.32 Å². The standard InChI is InChI=1S/C13H23NO3/c1-10(2)14-11(15)8-13(9-12(16)17)6-4-3-5-7-13/h10H,3-9H2,1-2H3,(H,14,15)(H,16,17). The van der Waals surface area contributed by atoms with Gasteiger partial charge in [0.05, 0.1) is 6.42 Å². The van der Waals surface area contributed by atoms with Crippen molar-refractivity contribution >= 4 is 11.9 Å². The van der Waals surface area contributed by atoms with Crippen molar-refractivity contribution < 1.29 is 14.7 Å². The molecule has 0 bridgehead atoms. The van der Waals surface area contributed by atoms with Crippen LogP contribution in [0.1, 0.15) is 58.8 Å². The van der Waals surface area contributed by atoms with Crippen LogP contribution in [-0.4, -0.2) is 23.0 Å². The zero-order valence-electron chi connectivity index (χ0n) is 10.8. The molecule has 1 aliphatic rings. The van der Waals surface area contributed by atoms with E-state index >= 15 is 0 Å². The Morgan fingerprint density at radius 3 is 2.24 bits per heavy atom. The summed E-state index contributed by atoms with van der Waals surface area (Å²) in [4.78, 5) is 22.7. The molecule has 1 amide bonds. The van der Waals surface area contributed by atoms with Crippen LogP contribution >= 0.6 is 0 Å². The number of carbonyl (C=O) groups excluding carboxylic acids is 1. The maximum Gasteiger partial charge on any atom is 0.303 e. The van der Waals surface area contributed by atoms with E-state index in [1.165, 1.54) is 0 Å². The van der Waals surface area contributed by atoms with Gasteiger partial charge < -0.3 is 10.4 Å². The van der Waals surface area contributed by atoms with Gasteiger partial charge in [-0.25, -0.2) is 0 Å². The first kappa shape index (κ1) is 14.0. The number of hydrogen-bond donors (Lipinski definition) is 2. The fourth-order valence-corrected chi connectivity index (χ4v) is 2.75. The molecule has 1 fully saturated rings. The van der Waals surface area contributed by atoms with E-state index in [-0.39, 0.29) is 23.8 Å². The van der Waals surface area contributed by atoms with E-state index in [9.17, 15) is 9.59 Å². The Kier molecular flexibility index (Phi) is 4.97. The van der Waals surface area contributed by atoms with Crippen LogP contribution in [0.5, 0.6) is 0 Å². The van der Waals surface area contributed by atoms with E-state index in [1.54, 1.807) is 0 Å². The van der Waals surface area contributed by atoms with Gasteiger partial charge in [-0.2, -0.15) is 0 Å². The van der Waals surface area contributed by atoms with Crippen LogP contribution in [-0.2, 0) is 9.59 Å². The Morgan fingerprint density at radius 1 is 1.18 bits per heavy atom. The number of carboxylic acid groups (broad SMARTS) is 1. The van der Waals surface area contributed by atoms with Gasteiger partial charge in [-0.1, -0.05) is 19.3 Å². The van der Waals surface area contributed by atoms with Gasteiger partial charge in [0, 0.05) is 12.5 Å². The van der Waals surface area contributed by atoms with Gasteiger partial charge in [-0.15, -0.1) is 0 Å². The highest BCUT2D eigenvalue weighted by Crippen LogP contribution is 2.42. The lowest BCUT2D eigenvalue weighted by molar-refractivity contribution is -0.141. The van der Waals surface area contributed by atoms with E-state index < -0.39 is 5.97 Å². The summed E-state index contributed by atoms with van der Waals surface area (Å²) in [5.74, 6) is -0.799. The molecule has 0 saturated heterocycles. The zero-order chi connectivity index (χ0) is 12.9. The number of aliphatic carboxylic acids is 1. The predicted octanol–water partition coefficient (Wildman–Crippen LogP) is 2.33. The van der Waals surface area contributed by atoms with Gasteiger partial charge in [-0.05, 0) is 32.1 Å². The Labute approximate surface area is 103 Å². The zero-order valence-corrected chi connectivity index (χ0v) is 10.8. The van der Waals surface area contributed by atoms with Gasteiger partial charge in [0.1, 0.15) is 0 Å². The molecule has 0 unspecified atom stereocenters. The lowest BCUT2D eigenvalue weighted by Crippen LogP contribution is -2.37. The minimum Gasteiger partial charge on any atom is -0.481 e. The van der Waals surface area contributed by atoms with Gasteiger partial charge in [-0.3, -0.25) is 9.59 Å². The summed E-state index contributed by atoms with van der Waals surface area (Å²) in [7, 11) is 0. The van der Waals surface area contributed by atoms with Crippen molar-refractivity contribution in [1.29, 1.82) is 0 Å². The normalized spacial score (nSPS) is 19.0. The summed E-state index contributed by atoms with van der Waals surface area (Å²) in [6.45, 7) is 3.84. The van der Waals surface area contributed by atoms with Crippen LogP contribution in [0, 0.1) is 5.41 Å². The van der Waals surface area contributed by atoms with Gasteiger partial charge in [0.25, 0.3) is 0 Å². The van der Waals surface area contributed by atoms with Crippen molar-refractivity contribution in [3.8, 4) is 0 Å². The van der Waals surface area contributed by atoms with E-state index in [0.29, 0.717) is 6.42 Å². The Balaban J connectivity index is 2.62. The molecular weight excluding hydrogens is 218 g/mol. The lowest BCUT2D eigenvalue weighted by atomic mass is 9.69. The van der Waals surface area contributed by atoms with E-state index in [0.717, 1.165) is 32.1 Å². The molecule has 4 nitrogen and oxygen atoms in total. The molecule has 0 spiro atoms. The summed E-state index contributed by atoms with van der Waals surface area (Å²) in [6.07, 6.45) is 5.46. The summed E-state index contributed by atoms with van der Waals surface area (Å²) >= 11 is 0. The summed E-state index contributed by atoms with van der Waals surface area (Å²) in [5, 5.41) is 11.9. The first-order valence-electron chi connectivity index (χ1n) is 6.45. The second-order valence-corrected chi connectivity index (χ2v) is 5.53. The Hall–Kier alpha value is -1.06. The highest BCUT2D eigenvalue weighted by Gasteiger charge is 2.36. The number of amides is 1.